The Morgan fingerprint density at radius 2 is 1.34 bits per heavy atom. The number of ether oxygens (including phenoxy) is 1. The molecule has 0 saturated carbocycles. The van der Waals surface area contributed by atoms with E-state index >= 15 is 0 Å². The average molecular weight is 504 g/mol. The van der Waals surface area contributed by atoms with Crippen LogP contribution in [-0.2, 0) is 10.8 Å². The monoisotopic (exact) mass is 503 g/mol. The van der Waals surface area contributed by atoms with Gasteiger partial charge in [-0.3, -0.25) is 4.99 Å². The Hall–Kier alpha value is -4.11. The number of benzene rings is 4. The van der Waals surface area contributed by atoms with Crippen molar-refractivity contribution >= 4 is 11.9 Å². The van der Waals surface area contributed by atoms with E-state index in [4.69, 9.17) is 9.73 Å². The molecule has 0 fully saturated rings. The van der Waals surface area contributed by atoms with Gasteiger partial charge in [0.1, 0.15) is 11.5 Å². The van der Waals surface area contributed by atoms with Crippen LogP contribution in [0.5, 0.6) is 11.5 Å². The van der Waals surface area contributed by atoms with Crippen LogP contribution in [0.15, 0.2) is 115 Å². The smallest absolute Gasteiger partial charge is 0.128 e. The van der Waals surface area contributed by atoms with Crippen molar-refractivity contribution in [3.05, 3.63) is 138 Å². The van der Waals surface area contributed by atoms with Crippen molar-refractivity contribution in [3.8, 4) is 11.5 Å². The maximum Gasteiger partial charge on any atom is 0.128 e. The number of aromatic hydroxyl groups is 1. The highest BCUT2D eigenvalue weighted by atomic mass is 16.5. The highest BCUT2D eigenvalue weighted by molar-refractivity contribution is 5.87. The molecule has 4 aromatic carbocycles. The first kappa shape index (κ1) is 26.9. The van der Waals surface area contributed by atoms with Crippen molar-refractivity contribution in [2.75, 3.05) is 6.61 Å². The summed E-state index contributed by atoms with van der Waals surface area (Å²) in [5.41, 5.74) is 5.13. The van der Waals surface area contributed by atoms with Gasteiger partial charge in [-0.15, -0.1) is 6.58 Å². The zero-order valence-electron chi connectivity index (χ0n) is 22.8. The minimum Gasteiger partial charge on any atom is -0.507 e. The van der Waals surface area contributed by atoms with Crippen LogP contribution < -0.4 is 4.74 Å². The summed E-state index contributed by atoms with van der Waals surface area (Å²) in [5, 5.41) is 11.6. The SMILES string of the molecule is C=CCCOc1ccc(N=Cc2cc(C(C)(C)c3ccccc3)cc(C(C)(C)c3ccccc3)c2O)cc1. The summed E-state index contributed by atoms with van der Waals surface area (Å²) in [7, 11) is 0. The quantitative estimate of drug-likeness (QED) is 0.133. The summed E-state index contributed by atoms with van der Waals surface area (Å²) in [5.74, 6) is 1.05. The summed E-state index contributed by atoms with van der Waals surface area (Å²) in [4.78, 5) is 4.71. The summed E-state index contributed by atoms with van der Waals surface area (Å²) >= 11 is 0. The Bertz CT molecular complexity index is 1390. The van der Waals surface area contributed by atoms with E-state index in [0.717, 1.165) is 34.5 Å². The molecule has 4 rings (SSSR count). The van der Waals surface area contributed by atoms with Crippen LogP contribution in [0.1, 0.15) is 61.9 Å². The third-order valence-corrected chi connectivity index (χ3v) is 7.31. The molecule has 3 heteroatoms. The second-order valence-corrected chi connectivity index (χ2v) is 10.6. The van der Waals surface area contributed by atoms with Gasteiger partial charge in [0.2, 0.25) is 0 Å². The third-order valence-electron chi connectivity index (χ3n) is 7.31. The molecular formula is C35H37NO2. The fraction of sp³-hybridized carbons (Fsp3) is 0.229. The Balaban J connectivity index is 1.77. The van der Waals surface area contributed by atoms with Crippen molar-refractivity contribution in [2.45, 2.75) is 44.9 Å². The Morgan fingerprint density at radius 3 is 1.92 bits per heavy atom. The van der Waals surface area contributed by atoms with E-state index < -0.39 is 5.41 Å². The molecule has 0 unspecified atom stereocenters. The maximum absolute atomic E-state index is 11.6. The first-order chi connectivity index (χ1) is 18.2. The van der Waals surface area contributed by atoms with Gasteiger partial charge in [-0.25, -0.2) is 0 Å². The van der Waals surface area contributed by atoms with Crippen LogP contribution in [0.2, 0.25) is 0 Å². The standard InChI is InChI=1S/C35H37NO2/c1-6-7-22-38-31-20-18-30(19-21-31)36-25-26-23-29(34(2,3)27-14-10-8-11-15-27)24-32(33(26)37)35(4,5)28-16-12-9-13-17-28/h6,8-21,23-25,37H,1,7,22H2,2-5H3. The topological polar surface area (TPSA) is 41.8 Å². The molecule has 0 aliphatic heterocycles. The van der Waals surface area contributed by atoms with E-state index in [1.165, 1.54) is 5.56 Å². The number of nitrogens with zero attached hydrogens (tertiary/aromatic N) is 1. The molecule has 1 N–H and O–H groups in total. The second-order valence-electron chi connectivity index (χ2n) is 10.6. The molecule has 0 radical (unpaired) electrons. The number of phenols is 1. The third kappa shape index (κ3) is 5.89. The lowest BCUT2D eigenvalue weighted by molar-refractivity contribution is 0.325. The van der Waals surface area contributed by atoms with Crippen molar-refractivity contribution in [1.82, 2.24) is 0 Å². The highest BCUT2D eigenvalue weighted by Gasteiger charge is 2.31. The molecule has 194 valence electrons. The molecule has 0 aromatic heterocycles. The number of aliphatic imine (C=N–C) groups is 1. The van der Waals surface area contributed by atoms with E-state index in [2.05, 4.69) is 82.8 Å². The molecule has 3 nitrogen and oxygen atoms in total. The van der Waals surface area contributed by atoms with Gasteiger partial charge < -0.3 is 9.84 Å². The molecule has 4 aromatic rings. The van der Waals surface area contributed by atoms with Gasteiger partial charge >= 0.3 is 0 Å². The minimum atomic E-state index is -0.416. The highest BCUT2D eigenvalue weighted by Crippen LogP contribution is 2.42. The largest absolute Gasteiger partial charge is 0.507 e. The molecule has 0 atom stereocenters. The predicted octanol–water partition coefficient (Wildman–Crippen LogP) is 8.75. The molecule has 38 heavy (non-hydrogen) atoms. The summed E-state index contributed by atoms with van der Waals surface area (Å²) < 4.78 is 5.71. The second kappa shape index (κ2) is 11.5. The van der Waals surface area contributed by atoms with Crippen molar-refractivity contribution in [3.63, 3.8) is 0 Å². The molecule has 0 spiro atoms. The van der Waals surface area contributed by atoms with E-state index in [0.29, 0.717) is 12.2 Å². The predicted molar refractivity (Wildman–Crippen MR) is 159 cm³/mol. The minimum absolute atomic E-state index is 0.250. The molecule has 0 aliphatic carbocycles. The number of hydrogen-bond donors (Lipinski definition) is 1. The lowest BCUT2D eigenvalue weighted by atomic mass is 9.72. The lowest BCUT2D eigenvalue weighted by Crippen LogP contribution is -2.24. The molecule has 0 saturated heterocycles. The van der Waals surface area contributed by atoms with Crippen molar-refractivity contribution in [1.29, 1.82) is 0 Å². The van der Waals surface area contributed by atoms with Crippen molar-refractivity contribution < 1.29 is 9.84 Å². The zero-order chi connectivity index (χ0) is 27.2. The molecule has 0 aliphatic rings. The number of rotatable bonds is 10. The van der Waals surface area contributed by atoms with Crippen LogP contribution in [-0.4, -0.2) is 17.9 Å². The van der Waals surface area contributed by atoms with Gasteiger partial charge in [0.15, 0.2) is 0 Å². The summed E-state index contributed by atoms with van der Waals surface area (Å²) in [6.07, 6.45) is 4.40. The van der Waals surface area contributed by atoms with Gasteiger partial charge in [0.25, 0.3) is 0 Å². The number of phenolic OH excluding ortho intramolecular Hbond substituents is 1. The maximum atomic E-state index is 11.6. The van der Waals surface area contributed by atoms with Crippen LogP contribution in [0, 0.1) is 0 Å². The van der Waals surface area contributed by atoms with Gasteiger partial charge in [-0.2, -0.15) is 0 Å². The van der Waals surface area contributed by atoms with E-state index in [1.807, 2.05) is 54.6 Å². The fourth-order valence-electron chi connectivity index (χ4n) is 4.66. The molecule has 0 heterocycles. The van der Waals surface area contributed by atoms with Crippen LogP contribution in [0.3, 0.4) is 0 Å². The zero-order valence-corrected chi connectivity index (χ0v) is 22.8. The number of hydrogen-bond acceptors (Lipinski definition) is 3. The van der Waals surface area contributed by atoms with Gasteiger partial charge in [-0.1, -0.05) is 101 Å². The molecule has 0 bridgehead atoms. The first-order valence-corrected chi connectivity index (χ1v) is 13.1. The fourth-order valence-corrected chi connectivity index (χ4v) is 4.66. The van der Waals surface area contributed by atoms with Crippen LogP contribution in [0.25, 0.3) is 0 Å². The Kier molecular flexibility index (Phi) is 8.16. The van der Waals surface area contributed by atoms with Gasteiger partial charge in [0.05, 0.1) is 12.3 Å². The Morgan fingerprint density at radius 1 is 0.763 bits per heavy atom. The van der Waals surface area contributed by atoms with Crippen LogP contribution in [0.4, 0.5) is 5.69 Å². The first-order valence-electron chi connectivity index (χ1n) is 13.1. The average Bonchev–Trinajstić information content (AvgIpc) is 2.94. The van der Waals surface area contributed by atoms with Gasteiger partial charge in [-0.05, 0) is 53.4 Å². The van der Waals surface area contributed by atoms with Gasteiger partial charge in [0, 0.05) is 28.2 Å². The lowest BCUT2D eigenvalue weighted by Gasteiger charge is -2.32. The van der Waals surface area contributed by atoms with E-state index in [1.54, 1.807) is 6.21 Å². The summed E-state index contributed by atoms with van der Waals surface area (Å²) in [6, 6.07) is 32.7. The molecular weight excluding hydrogens is 466 g/mol. The summed E-state index contributed by atoms with van der Waals surface area (Å²) in [6.45, 7) is 13.1. The normalized spacial score (nSPS) is 12.0. The van der Waals surface area contributed by atoms with E-state index in [-0.39, 0.29) is 11.2 Å². The van der Waals surface area contributed by atoms with Crippen molar-refractivity contribution in [2.24, 2.45) is 4.99 Å². The molecule has 0 amide bonds. The van der Waals surface area contributed by atoms with E-state index in [9.17, 15) is 5.11 Å². The van der Waals surface area contributed by atoms with Crippen LogP contribution >= 0.6 is 0 Å². The Labute approximate surface area is 227 Å².